The van der Waals surface area contributed by atoms with Crippen LogP contribution < -0.4 is 16.4 Å². The summed E-state index contributed by atoms with van der Waals surface area (Å²) in [5.74, 6) is 1.78. The van der Waals surface area contributed by atoms with Gasteiger partial charge in [-0.2, -0.15) is 0 Å². The van der Waals surface area contributed by atoms with Crippen molar-refractivity contribution >= 4 is 17.3 Å². The molecular weight excluding hydrogens is 859 g/mol. The van der Waals surface area contributed by atoms with Crippen molar-refractivity contribution in [2.24, 2.45) is 57.2 Å². The van der Waals surface area contributed by atoms with Crippen molar-refractivity contribution in [2.45, 2.75) is 206 Å². The summed E-state index contributed by atoms with van der Waals surface area (Å²) in [6.07, 6.45) is 13.4. The molecular formula is C60H87N3O6. The maximum Gasteiger partial charge on any atom is 0.163 e. The molecule has 2 aliphatic heterocycles. The summed E-state index contributed by atoms with van der Waals surface area (Å²) in [5, 5.41) is 42.4. The van der Waals surface area contributed by atoms with Crippen LogP contribution in [0.3, 0.4) is 0 Å². The highest BCUT2D eigenvalue weighted by Gasteiger charge is 2.75. The fourth-order valence-corrected chi connectivity index (χ4v) is 18.8. The average molecular weight is 946 g/mol. The molecule has 0 bridgehead atoms. The first-order valence-electron chi connectivity index (χ1n) is 27.6. The minimum atomic E-state index is -0.860. The van der Waals surface area contributed by atoms with Crippen molar-refractivity contribution in [3.63, 3.8) is 0 Å². The lowest BCUT2D eigenvalue weighted by atomic mass is 9.31. The molecule has 10 rings (SSSR count). The third-order valence-electron chi connectivity index (χ3n) is 21.3. The maximum atomic E-state index is 15.5. The fourth-order valence-electron chi connectivity index (χ4n) is 18.8. The van der Waals surface area contributed by atoms with E-state index in [2.05, 4.69) is 83.4 Å². The van der Waals surface area contributed by atoms with Crippen molar-refractivity contribution in [3.05, 3.63) is 69.8 Å². The number of rotatable bonds is 11. The summed E-state index contributed by atoms with van der Waals surface area (Å²) in [4.78, 5) is 31.0. The van der Waals surface area contributed by atoms with E-state index in [-0.39, 0.29) is 63.7 Å². The Morgan fingerprint density at radius 2 is 1.62 bits per heavy atom. The predicted molar refractivity (Wildman–Crippen MR) is 274 cm³/mol. The molecule has 6 aliphatic carbocycles. The molecule has 7 fully saturated rings. The summed E-state index contributed by atoms with van der Waals surface area (Å²) in [5.41, 5.74) is 11.5. The van der Waals surface area contributed by atoms with Crippen LogP contribution in [-0.2, 0) is 27.3 Å². The quantitative estimate of drug-likeness (QED) is 0.0953. The van der Waals surface area contributed by atoms with Gasteiger partial charge in [-0.05, 0) is 196 Å². The van der Waals surface area contributed by atoms with Gasteiger partial charge in [-0.15, -0.1) is 0 Å². The van der Waals surface area contributed by atoms with Crippen LogP contribution in [0.15, 0.2) is 47.5 Å². The number of nitrogen functional groups attached to an aromatic ring is 1. The van der Waals surface area contributed by atoms with Crippen LogP contribution >= 0.6 is 0 Å². The van der Waals surface area contributed by atoms with Crippen molar-refractivity contribution in [1.82, 2.24) is 10.6 Å². The molecule has 2 heterocycles. The van der Waals surface area contributed by atoms with Crippen LogP contribution in [-0.4, -0.2) is 69.9 Å². The van der Waals surface area contributed by atoms with Gasteiger partial charge in [0.2, 0.25) is 0 Å². The number of carbonyl (C=O) groups is 2. The zero-order valence-electron chi connectivity index (χ0n) is 43.7. The van der Waals surface area contributed by atoms with Gasteiger partial charge in [0, 0.05) is 47.5 Å². The van der Waals surface area contributed by atoms with Gasteiger partial charge < -0.3 is 36.4 Å². The van der Waals surface area contributed by atoms with Crippen molar-refractivity contribution in [2.75, 3.05) is 19.3 Å². The van der Waals surface area contributed by atoms with E-state index in [1.807, 2.05) is 26.1 Å². The number of nitrogens with one attached hydrogen (secondary N) is 2. The Bertz CT molecular complexity index is 2380. The minimum absolute atomic E-state index is 0.0127. The van der Waals surface area contributed by atoms with Crippen LogP contribution in [0.5, 0.6) is 5.75 Å². The van der Waals surface area contributed by atoms with Crippen LogP contribution in [0, 0.1) is 57.2 Å². The maximum absolute atomic E-state index is 15.5. The number of epoxide rings is 1. The number of anilines is 1. The molecule has 9 nitrogen and oxygen atoms in total. The first kappa shape index (κ1) is 49.5. The summed E-state index contributed by atoms with van der Waals surface area (Å²) in [6, 6.07) is 12.5. The van der Waals surface area contributed by atoms with Gasteiger partial charge in [-0.1, -0.05) is 84.9 Å². The van der Waals surface area contributed by atoms with E-state index in [9.17, 15) is 15.3 Å². The molecule has 0 radical (unpaired) electrons. The number of allylic oxidation sites excluding steroid dienone is 2. The van der Waals surface area contributed by atoms with E-state index in [4.69, 9.17) is 10.5 Å². The molecule has 378 valence electrons. The molecule has 16 atom stereocenters. The van der Waals surface area contributed by atoms with E-state index in [1.165, 1.54) is 16.7 Å². The molecule has 2 aromatic rings. The number of aliphatic hydroxyl groups excluding tert-OH is 1. The monoisotopic (exact) mass is 946 g/mol. The predicted octanol–water partition coefficient (Wildman–Crippen LogP) is 10.5. The number of ketones is 2. The van der Waals surface area contributed by atoms with Crippen molar-refractivity contribution in [3.8, 4) is 5.75 Å². The SMILES string of the molecule is CNCc1cc(O)cc(C2CC3(C)C4C(CC56CCCC7C(=O)C(C(C)CC(O)C8OC8(C)C8CCCC8c8cc(N)cc(CC(C)C)c8)=C(CCC35)C76C)NCC(C)(O)CCCCC4(C)C2=O)c1. The van der Waals surface area contributed by atoms with Crippen LogP contribution in [0.4, 0.5) is 5.69 Å². The summed E-state index contributed by atoms with van der Waals surface area (Å²) in [6.45, 7) is 19.2. The number of benzene rings is 2. The highest BCUT2D eigenvalue weighted by Crippen LogP contribution is 2.79. The number of Topliss-reactive ketones (excluding diaryl/α,β-unsaturated/α-hetero) is 2. The normalized spacial score (nSPS) is 42.7. The lowest BCUT2D eigenvalue weighted by Gasteiger charge is -2.73. The molecule has 9 heteroatoms. The molecule has 2 saturated heterocycles. The van der Waals surface area contributed by atoms with E-state index in [0.29, 0.717) is 61.7 Å². The number of hydrogen-bond donors (Lipinski definition) is 6. The molecule has 16 unspecified atom stereocenters. The number of phenolic OH excluding ortho intramolecular Hbond substituents is 1. The number of carbonyl (C=O) groups excluding carboxylic acids is 2. The number of hydrogen-bond acceptors (Lipinski definition) is 9. The number of nitrogens with two attached hydrogens (primary N) is 1. The highest BCUT2D eigenvalue weighted by molar-refractivity contribution is 6.03. The topological polar surface area (TPSA) is 157 Å². The molecule has 8 aliphatic rings. The van der Waals surface area contributed by atoms with Gasteiger partial charge in [0.05, 0.1) is 17.3 Å². The number of aliphatic hydroxyl groups is 2. The van der Waals surface area contributed by atoms with E-state index < -0.39 is 22.7 Å². The van der Waals surface area contributed by atoms with Crippen molar-refractivity contribution in [1.29, 1.82) is 0 Å². The van der Waals surface area contributed by atoms with Gasteiger partial charge in [-0.3, -0.25) is 9.59 Å². The zero-order chi connectivity index (χ0) is 49.2. The van der Waals surface area contributed by atoms with E-state index in [1.54, 1.807) is 0 Å². The third kappa shape index (κ3) is 7.85. The molecule has 0 amide bonds. The first-order chi connectivity index (χ1) is 32.6. The van der Waals surface area contributed by atoms with Gasteiger partial charge in [0.15, 0.2) is 5.78 Å². The number of fused-ring (bicyclic) bond motifs is 1. The Morgan fingerprint density at radius 1 is 0.870 bits per heavy atom. The number of aromatic hydroxyl groups is 1. The Kier molecular flexibility index (Phi) is 12.6. The average Bonchev–Trinajstić information content (AvgIpc) is 3.60. The molecule has 1 spiro atoms. The van der Waals surface area contributed by atoms with Gasteiger partial charge in [0.1, 0.15) is 17.6 Å². The Labute approximate surface area is 414 Å². The zero-order valence-corrected chi connectivity index (χ0v) is 43.7. The molecule has 5 saturated carbocycles. The second-order valence-electron chi connectivity index (χ2n) is 26.2. The fraction of sp³-hybridized carbons (Fsp3) is 0.733. The molecule has 69 heavy (non-hydrogen) atoms. The minimum Gasteiger partial charge on any atom is -0.508 e. The van der Waals surface area contributed by atoms with Crippen LogP contribution in [0.25, 0.3) is 0 Å². The lowest BCUT2D eigenvalue weighted by molar-refractivity contribution is -0.219. The van der Waals surface area contributed by atoms with E-state index >= 15 is 9.59 Å². The Morgan fingerprint density at radius 3 is 2.38 bits per heavy atom. The number of β-amino-alcohol motifs (C(OH)–C–C–N with tert-alkyl or cyclic N) is 1. The Balaban J connectivity index is 0.981. The van der Waals surface area contributed by atoms with Crippen LogP contribution in [0.1, 0.15) is 186 Å². The largest absolute Gasteiger partial charge is 0.508 e. The first-order valence-corrected chi connectivity index (χ1v) is 27.6. The third-order valence-corrected chi connectivity index (χ3v) is 21.3. The van der Waals surface area contributed by atoms with Gasteiger partial charge in [-0.25, -0.2) is 0 Å². The second kappa shape index (κ2) is 17.6. The second-order valence-corrected chi connectivity index (χ2v) is 26.2. The van der Waals surface area contributed by atoms with Crippen LogP contribution in [0.2, 0.25) is 0 Å². The van der Waals surface area contributed by atoms with Crippen molar-refractivity contribution < 1.29 is 29.6 Å². The molecule has 0 aromatic heterocycles. The Hall–Kier alpha value is -3.08. The van der Waals surface area contributed by atoms with Gasteiger partial charge in [0.25, 0.3) is 0 Å². The molecule has 2 aromatic carbocycles. The number of phenols is 1. The lowest BCUT2D eigenvalue weighted by Crippen LogP contribution is -2.72. The van der Waals surface area contributed by atoms with Gasteiger partial charge >= 0.3 is 0 Å². The number of ether oxygens (including phenoxy) is 1. The summed E-state index contributed by atoms with van der Waals surface area (Å²) >= 11 is 0. The summed E-state index contributed by atoms with van der Waals surface area (Å²) < 4.78 is 6.67. The van der Waals surface area contributed by atoms with E-state index in [0.717, 1.165) is 106 Å². The summed E-state index contributed by atoms with van der Waals surface area (Å²) in [7, 11) is 1.91. The standard InChI is InChI=1S/C60H87N3O6/c1-34(2)22-36-24-38(28-40(61)26-36)42-14-12-15-44(42)59(8)54(69-59)48(65)23-35(3)50-45-17-18-49-57(6)30-43(39-25-37(32-62-9)27-41(64)29-39)53(67)56(5)20-11-10-19-55(4,68)33-63-47(52(56)57)31-60(49)21-13-16-46(51(50)66)58(45,60)7/h24-29,34-35,42-44,46-49,52,54,62-65,68H,10-23,30-33,61H2,1-9H3. The molecule has 7 N–H and O–H groups in total. The highest BCUT2D eigenvalue weighted by atomic mass is 16.6. The smallest absolute Gasteiger partial charge is 0.163 e.